The highest BCUT2D eigenvalue weighted by atomic mass is 79.9. The molecule has 110 valence electrons. The maximum Gasteiger partial charge on any atom is 0.244 e. The first-order chi connectivity index (χ1) is 9.43. The molecule has 8 heteroatoms. The highest BCUT2D eigenvalue weighted by molar-refractivity contribution is 9.10. The Bertz CT molecular complexity index is 678. The summed E-state index contributed by atoms with van der Waals surface area (Å²) in [7, 11) is -0.0535. The predicted molar refractivity (Wildman–Crippen MR) is 84.2 cm³/mol. The first-order valence-corrected chi connectivity index (χ1v) is 9.06. The Morgan fingerprint density at radius 1 is 1.45 bits per heavy atom. The van der Waals surface area contributed by atoms with Gasteiger partial charge in [0.25, 0.3) is 0 Å². The van der Waals surface area contributed by atoms with Gasteiger partial charge in [0.2, 0.25) is 10.0 Å². The highest BCUT2D eigenvalue weighted by Gasteiger charge is 2.22. The molecule has 0 radical (unpaired) electrons. The zero-order valence-corrected chi connectivity index (χ0v) is 14.4. The molecule has 0 aromatic carbocycles. The van der Waals surface area contributed by atoms with E-state index in [4.69, 9.17) is 0 Å². The summed E-state index contributed by atoms with van der Waals surface area (Å²) in [6, 6.07) is 3.59. The molecular weight excluding hydrogens is 362 g/mol. The van der Waals surface area contributed by atoms with Crippen LogP contribution >= 0.6 is 27.3 Å². The largest absolute Gasteiger partial charge is 0.363 e. The Morgan fingerprint density at radius 2 is 2.20 bits per heavy atom. The van der Waals surface area contributed by atoms with E-state index in [0.29, 0.717) is 18.0 Å². The van der Waals surface area contributed by atoms with Crippen LogP contribution in [-0.2, 0) is 23.1 Å². The number of aromatic nitrogens is 1. The first-order valence-electron chi connectivity index (χ1n) is 5.94. The molecule has 0 bridgehead atoms. The van der Waals surface area contributed by atoms with E-state index in [9.17, 15) is 8.42 Å². The van der Waals surface area contributed by atoms with E-state index < -0.39 is 10.0 Å². The van der Waals surface area contributed by atoms with Gasteiger partial charge in [0.15, 0.2) is 0 Å². The van der Waals surface area contributed by atoms with Crippen molar-refractivity contribution < 1.29 is 8.42 Å². The lowest BCUT2D eigenvalue weighted by atomic mass is 10.4. The van der Waals surface area contributed by atoms with Crippen LogP contribution in [0.25, 0.3) is 0 Å². The van der Waals surface area contributed by atoms with Crippen LogP contribution in [0.5, 0.6) is 0 Å². The number of nitrogens with one attached hydrogen (secondary N) is 2. The molecular formula is C12H16BrN3O2S2. The number of aromatic amines is 1. The number of H-pyrrole nitrogens is 1. The van der Waals surface area contributed by atoms with Gasteiger partial charge in [-0.05, 0) is 35.1 Å². The minimum absolute atomic E-state index is 0.292. The van der Waals surface area contributed by atoms with Crippen molar-refractivity contribution in [2.45, 2.75) is 18.0 Å². The van der Waals surface area contributed by atoms with Gasteiger partial charge in [-0.1, -0.05) is 0 Å². The number of thiophene rings is 1. The molecule has 0 amide bonds. The van der Waals surface area contributed by atoms with Crippen LogP contribution in [0.3, 0.4) is 0 Å². The number of nitrogens with zero attached hydrogens (tertiary/aromatic N) is 1. The smallest absolute Gasteiger partial charge is 0.244 e. The minimum Gasteiger partial charge on any atom is -0.363 e. The molecule has 0 unspecified atom stereocenters. The Balaban J connectivity index is 2.15. The van der Waals surface area contributed by atoms with Crippen molar-refractivity contribution in [3.63, 3.8) is 0 Å². The summed E-state index contributed by atoms with van der Waals surface area (Å²) < 4.78 is 27.2. The van der Waals surface area contributed by atoms with Crippen LogP contribution in [0, 0.1) is 0 Å². The highest BCUT2D eigenvalue weighted by Crippen LogP contribution is 2.23. The average Bonchev–Trinajstić information content (AvgIpc) is 2.99. The Kier molecular flexibility index (Phi) is 5.03. The predicted octanol–water partition coefficient (Wildman–Crippen LogP) is 2.38. The SMILES string of the molecule is CNCc1cc(S(=O)(=O)N(C)Cc2cc(Br)cs2)c[nH]1. The van der Waals surface area contributed by atoms with Gasteiger partial charge in [0.05, 0.1) is 4.90 Å². The molecule has 0 aliphatic heterocycles. The molecule has 0 aliphatic rings. The van der Waals surface area contributed by atoms with Crippen LogP contribution in [0.1, 0.15) is 10.6 Å². The fourth-order valence-corrected chi connectivity index (χ4v) is 4.53. The molecule has 0 fully saturated rings. The second-order valence-electron chi connectivity index (χ2n) is 4.38. The topological polar surface area (TPSA) is 65.2 Å². The van der Waals surface area contributed by atoms with E-state index in [1.165, 1.54) is 21.8 Å². The van der Waals surface area contributed by atoms with Crippen LogP contribution in [0.4, 0.5) is 0 Å². The van der Waals surface area contributed by atoms with Crippen molar-refractivity contribution in [1.29, 1.82) is 0 Å². The van der Waals surface area contributed by atoms with Crippen molar-refractivity contribution in [3.8, 4) is 0 Å². The molecule has 0 aliphatic carbocycles. The summed E-state index contributed by atoms with van der Waals surface area (Å²) in [6.07, 6.45) is 1.53. The van der Waals surface area contributed by atoms with Gasteiger partial charge in [0, 0.05) is 46.8 Å². The third-order valence-corrected chi connectivity index (χ3v) is 6.26. The van der Waals surface area contributed by atoms with Crippen molar-refractivity contribution in [2.24, 2.45) is 0 Å². The molecule has 0 atom stereocenters. The molecule has 0 saturated heterocycles. The van der Waals surface area contributed by atoms with E-state index in [0.717, 1.165) is 15.0 Å². The zero-order valence-electron chi connectivity index (χ0n) is 11.2. The summed E-state index contributed by atoms with van der Waals surface area (Å²) in [5.41, 5.74) is 0.846. The maximum atomic E-state index is 12.4. The fourth-order valence-electron chi connectivity index (χ4n) is 1.78. The minimum atomic E-state index is -3.46. The van der Waals surface area contributed by atoms with Gasteiger partial charge in [0.1, 0.15) is 0 Å². The van der Waals surface area contributed by atoms with Gasteiger partial charge in [-0.25, -0.2) is 8.42 Å². The molecule has 2 heterocycles. The monoisotopic (exact) mass is 377 g/mol. The van der Waals surface area contributed by atoms with Gasteiger partial charge in [-0.2, -0.15) is 4.31 Å². The normalized spacial score (nSPS) is 12.2. The van der Waals surface area contributed by atoms with Crippen molar-refractivity contribution in [3.05, 3.63) is 38.8 Å². The van der Waals surface area contributed by atoms with Crippen molar-refractivity contribution >= 4 is 37.3 Å². The number of hydrogen-bond acceptors (Lipinski definition) is 4. The number of rotatable bonds is 6. The molecule has 0 spiro atoms. The average molecular weight is 378 g/mol. The summed E-state index contributed by atoms with van der Waals surface area (Å²) >= 11 is 4.90. The van der Waals surface area contributed by atoms with Crippen LogP contribution in [-0.4, -0.2) is 31.8 Å². The fraction of sp³-hybridized carbons (Fsp3) is 0.333. The second kappa shape index (κ2) is 6.40. The van der Waals surface area contributed by atoms with Crippen LogP contribution < -0.4 is 5.32 Å². The molecule has 2 rings (SSSR count). The van der Waals surface area contributed by atoms with E-state index in [2.05, 4.69) is 26.2 Å². The van der Waals surface area contributed by atoms with Crippen LogP contribution in [0.15, 0.2) is 33.1 Å². The first kappa shape index (κ1) is 15.7. The summed E-state index contributed by atoms with van der Waals surface area (Å²) in [5.74, 6) is 0. The Morgan fingerprint density at radius 3 is 2.80 bits per heavy atom. The van der Waals surface area contributed by atoms with Crippen molar-refractivity contribution in [1.82, 2.24) is 14.6 Å². The van der Waals surface area contributed by atoms with Crippen LogP contribution in [0.2, 0.25) is 0 Å². The summed E-state index contributed by atoms with van der Waals surface area (Å²) in [5, 5.41) is 4.92. The van der Waals surface area contributed by atoms with E-state index in [1.807, 2.05) is 18.5 Å². The summed E-state index contributed by atoms with van der Waals surface area (Å²) in [6.45, 7) is 0.974. The molecule has 5 nitrogen and oxygen atoms in total. The van der Waals surface area contributed by atoms with E-state index in [1.54, 1.807) is 13.1 Å². The van der Waals surface area contributed by atoms with E-state index >= 15 is 0 Å². The lowest BCUT2D eigenvalue weighted by Crippen LogP contribution is -2.25. The van der Waals surface area contributed by atoms with Gasteiger partial charge >= 0.3 is 0 Å². The lowest BCUT2D eigenvalue weighted by Gasteiger charge is -2.15. The summed E-state index contributed by atoms with van der Waals surface area (Å²) in [4.78, 5) is 4.25. The lowest BCUT2D eigenvalue weighted by molar-refractivity contribution is 0.469. The van der Waals surface area contributed by atoms with E-state index in [-0.39, 0.29) is 0 Å². The number of halogens is 1. The zero-order chi connectivity index (χ0) is 14.8. The quantitative estimate of drug-likeness (QED) is 0.811. The second-order valence-corrected chi connectivity index (χ2v) is 8.34. The molecule has 2 N–H and O–H groups in total. The third-order valence-electron chi connectivity index (χ3n) is 2.79. The molecule has 20 heavy (non-hydrogen) atoms. The molecule has 2 aromatic heterocycles. The van der Waals surface area contributed by atoms with Gasteiger partial charge in [-0.3, -0.25) is 0 Å². The Labute approximate surface area is 131 Å². The molecule has 2 aromatic rings. The number of sulfonamides is 1. The molecule has 0 saturated carbocycles. The van der Waals surface area contributed by atoms with Gasteiger partial charge < -0.3 is 10.3 Å². The number of hydrogen-bond donors (Lipinski definition) is 2. The van der Waals surface area contributed by atoms with Gasteiger partial charge in [-0.15, -0.1) is 11.3 Å². The standard InChI is InChI=1S/C12H16BrN3O2S2/c1-14-5-10-4-12(6-15-10)20(17,18)16(2)7-11-3-9(13)8-19-11/h3-4,6,8,14-15H,5,7H2,1-2H3. The Hall–Kier alpha value is -0.670. The maximum absolute atomic E-state index is 12.4. The third kappa shape index (κ3) is 3.50. The van der Waals surface area contributed by atoms with Crippen molar-refractivity contribution in [2.75, 3.05) is 14.1 Å².